The SMILES string of the molecule is CCCC(=O)OC(C=O)(CC)C(CCC)(OC(=O)CC)C(=O)CCC. The third kappa shape index (κ3) is 5.38. The van der Waals surface area contributed by atoms with Gasteiger partial charge in [-0.2, -0.15) is 0 Å². The van der Waals surface area contributed by atoms with Crippen LogP contribution in [0.4, 0.5) is 0 Å². The average Bonchev–Trinajstić information content (AvgIpc) is 2.59. The lowest BCUT2D eigenvalue weighted by Gasteiger charge is -2.44. The van der Waals surface area contributed by atoms with E-state index in [1.807, 2.05) is 20.8 Å². The first-order valence-electron chi connectivity index (χ1n) is 9.26. The molecule has 0 heterocycles. The maximum absolute atomic E-state index is 13.0. The molecule has 0 aromatic carbocycles. The largest absolute Gasteiger partial charge is 0.446 e. The molecule has 0 amide bonds. The molecule has 25 heavy (non-hydrogen) atoms. The number of rotatable bonds is 13. The van der Waals surface area contributed by atoms with Crippen LogP contribution in [0.5, 0.6) is 0 Å². The fourth-order valence-corrected chi connectivity index (χ4v) is 2.93. The van der Waals surface area contributed by atoms with Crippen LogP contribution in [0, 0.1) is 0 Å². The molecule has 0 saturated carbocycles. The van der Waals surface area contributed by atoms with Gasteiger partial charge in [-0.1, -0.05) is 41.0 Å². The lowest BCUT2D eigenvalue weighted by Crippen LogP contribution is -2.64. The molecule has 0 bridgehead atoms. The van der Waals surface area contributed by atoms with Gasteiger partial charge in [0.25, 0.3) is 0 Å². The van der Waals surface area contributed by atoms with Crippen molar-refractivity contribution in [2.24, 2.45) is 0 Å². The van der Waals surface area contributed by atoms with Crippen LogP contribution in [0.1, 0.15) is 86.0 Å². The zero-order chi connectivity index (χ0) is 19.5. The average molecular weight is 356 g/mol. The van der Waals surface area contributed by atoms with E-state index < -0.39 is 23.1 Å². The number of carbonyl (C=O) groups is 4. The number of aldehydes is 1. The van der Waals surface area contributed by atoms with Crippen molar-refractivity contribution in [3.63, 3.8) is 0 Å². The van der Waals surface area contributed by atoms with Gasteiger partial charge in [-0.25, -0.2) is 0 Å². The summed E-state index contributed by atoms with van der Waals surface area (Å²) in [5.74, 6) is -1.55. The van der Waals surface area contributed by atoms with E-state index in [4.69, 9.17) is 9.47 Å². The molecule has 0 aliphatic heterocycles. The van der Waals surface area contributed by atoms with E-state index in [0.717, 1.165) is 0 Å². The van der Waals surface area contributed by atoms with E-state index in [1.54, 1.807) is 13.8 Å². The van der Waals surface area contributed by atoms with Crippen LogP contribution in [0.2, 0.25) is 0 Å². The van der Waals surface area contributed by atoms with Crippen molar-refractivity contribution in [3.05, 3.63) is 0 Å². The Morgan fingerprint density at radius 2 is 1.44 bits per heavy atom. The van der Waals surface area contributed by atoms with Crippen molar-refractivity contribution >= 4 is 24.0 Å². The molecular weight excluding hydrogens is 324 g/mol. The third-order valence-corrected chi connectivity index (χ3v) is 4.26. The fourth-order valence-electron chi connectivity index (χ4n) is 2.93. The summed E-state index contributed by atoms with van der Waals surface area (Å²) in [5, 5.41) is 0. The van der Waals surface area contributed by atoms with Gasteiger partial charge in [0.05, 0.1) is 0 Å². The quantitative estimate of drug-likeness (QED) is 0.370. The van der Waals surface area contributed by atoms with Crippen LogP contribution in [-0.4, -0.2) is 35.2 Å². The predicted octanol–water partition coefficient (Wildman–Crippen LogP) is 3.54. The van der Waals surface area contributed by atoms with Crippen LogP contribution < -0.4 is 0 Å². The second-order valence-corrected chi connectivity index (χ2v) is 6.16. The van der Waals surface area contributed by atoms with Crippen LogP contribution in [0.25, 0.3) is 0 Å². The third-order valence-electron chi connectivity index (χ3n) is 4.26. The summed E-state index contributed by atoms with van der Waals surface area (Å²) in [6.45, 7) is 8.73. The van der Waals surface area contributed by atoms with Crippen molar-refractivity contribution < 1.29 is 28.7 Å². The van der Waals surface area contributed by atoms with Gasteiger partial charge < -0.3 is 9.47 Å². The van der Waals surface area contributed by atoms with E-state index in [0.29, 0.717) is 25.5 Å². The number of hydrogen-bond donors (Lipinski definition) is 0. The summed E-state index contributed by atoms with van der Waals surface area (Å²) < 4.78 is 11.1. The predicted molar refractivity (Wildman–Crippen MR) is 94.0 cm³/mol. The van der Waals surface area contributed by atoms with Gasteiger partial charge >= 0.3 is 11.9 Å². The highest BCUT2D eigenvalue weighted by atomic mass is 16.6. The molecule has 0 N–H and O–H groups in total. The lowest BCUT2D eigenvalue weighted by molar-refractivity contribution is -0.212. The summed E-state index contributed by atoms with van der Waals surface area (Å²) in [6.07, 6.45) is 2.55. The Morgan fingerprint density at radius 1 is 0.840 bits per heavy atom. The molecular formula is C19H32O6. The first-order chi connectivity index (χ1) is 11.8. The molecule has 144 valence electrons. The lowest BCUT2D eigenvalue weighted by atomic mass is 9.73. The smallest absolute Gasteiger partial charge is 0.306 e. The van der Waals surface area contributed by atoms with E-state index in [-0.39, 0.29) is 37.9 Å². The van der Waals surface area contributed by atoms with Crippen LogP contribution >= 0.6 is 0 Å². The van der Waals surface area contributed by atoms with E-state index in [1.165, 1.54) is 0 Å². The molecule has 0 saturated heterocycles. The van der Waals surface area contributed by atoms with Gasteiger partial charge in [0, 0.05) is 19.3 Å². The second kappa shape index (κ2) is 11.0. The number of hydrogen-bond acceptors (Lipinski definition) is 6. The van der Waals surface area contributed by atoms with Gasteiger partial charge in [0.15, 0.2) is 12.1 Å². The number of Topliss-reactive ketones (excluding diaryl/α,β-unsaturated/α-hetero) is 1. The molecule has 2 atom stereocenters. The molecule has 0 fully saturated rings. The van der Waals surface area contributed by atoms with Crippen molar-refractivity contribution in [1.29, 1.82) is 0 Å². The fraction of sp³-hybridized carbons (Fsp3) is 0.789. The molecule has 2 unspecified atom stereocenters. The Kier molecular flexibility index (Phi) is 10.2. The molecule has 0 aromatic rings. The Bertz CT molecular complexity index is 473. The minimum Gasteiger partial charge on any atom is -0.446 e. The van der Waals surface area contributed by atoms with Gasteiger partial charge in [0.1, 0.15) is 0 Å². The monoisotopic (exact) mass is 356 g/mol. The molecule has 0 aromatic heterocycles. The molecule has 0 radical (unpaired) electrons. The van der Waals surface area contributed by atoms with Crippen LogP contribution in [-0.2, 0) is 28.7 Å². The highest BCUT2D eigenvalue weighted by Gasteiger charge is 2.60. The second-order valence-electron chi connectivity index (χ2n) is 6.16. The van der Waals surface area contributed by atoms with Gasteiger partial charge in [-0.05, 0) is 25.7 Å². The van der Waals surface area contributed by atoms with Crippen molar-refractivity contribution in [3.8, 4) is 0 Å². The molecule has 0 aliphatic rings. The van der Waals surface area contributed by atoms with Gasteiger partial charge in [-0.3, -0.25) is 19.2 Å². The summed E-state index contributed by atoms with van der Waals surface area (Å²) in [7, 11) is 0. The zero-order valence-corrected chi connectivity index (χ0v) is 16.2. The highest BCUT2D eigenvalue weighted by molar-refractivity contribution is 5.96. The van der Waals surface area contributed by atoms with Crippen molar-refractivity contribution in [2.45, 2.75) is 97.2 Å². The van der Waals surface area contributed by atoms with Gasteiger partial charge in [0.2, 0.25) is 11.2 Å². The number of ether oxygens (including phenoxy) is 2. The standard InChI is InChI=1S/C19H32O6/c1-6-11-15(21)19(13-8-3,25-16(22)9-4)18(10-5,14-20)24-17(23)12-7-2/h14H,6-13H2,1-5H3. The minimum atomic E-state index is -1.80. The molecule has 0 aliphatic carbocycles. The summed E-state index contributed by atoms with van der Waals surface area (Å²) in [5.41, 5.74) is -3.57. The van der Waals surface area contributed by atoms with E-state index in [9.17, 15) is 19.2 Å². The maximum atomic E-state index is 13.0. The Morgan fingerprint density at radius 3 is 1.84 bits per heavy atom. The summed E-state index contributed by atoms with van der Waals surface area (Å²) in [6, 6.07) is 0. The van der Waals surface area contributed by atoms with Crippen LogP contribution in [0.15, 0.2) is 0 Å². The van der Waals surface area contributed by atoms with E-state index >= 15 is 0 Å². The highest BCUT2D eigenvalue weighted by Crippen LogP contribution is 2.39. The molecule has 6 heteroatoms. The Balaban J connectivity index is 6.28. The molecule has 0 rings (SSSR count). The zero-order valence-electron chi connectivity index (χ0n) is 16.2. The van der Waals surface area contributed by atoms with Gasteiger partial charge in [-0.15, -0.1) is 0 Å². The molecule has 0 spiro atoms. The number of ketones is 1. The Hall–Kier alpha value is -1.72. The topological polar surface area (TPSA) is 86.7 Å². The van der Waals surface area contributed by atoms with Crippen molar-refractivity contribution in [2.75, 3.05) is 0 Å². The van der Waals surface area contributed by atoms with Crippen LogP contribution in [0.3, 0.4) is 0 Å². The normalized spacial score (nSPS) is 15.6. The Labute approximate surface area is 150 Å². The minimum absolute atomic E-state index is 0.0540. The number of esters is 2. The maximum Gasteiger partial charge on any atom is 0.306 e. The summed E-state index contributed by atoms with van der Waals surface area (Å²) in [4.78, 5) is 49.3. The first-order valence-corrected chi connectivity index (χ1v) is 9.26. The first kappa shape index (κ1) is 23.3. The number of carbonyl (C=O) groups excluding carboxylic acids is 4. The summed E-state index contributed by atoms with van der Waals surface area (Å²) >= 11 is 0. The molecule has 6 nitrogen and oxygen atoms in total. The van der Waals surface area contributed by atoms with Crippen molar-refractivity contribution in [1.82, 2.24) is 0 Å². The van der Waals surface area contributed by atoms with E-state index in [2.05, 4.69) is 0 Å².